The van der Waals surface area contributed by atoms with E-state index in [2.05, 4.69) is 32.1 Å². The number of hydrogen-bond donors (Lipinski definition) is 3. The van der Waals surface area contributed by atoms with Gasteiger partial charge in [0, 0.05) is 6.08 Å². The van der Waals surface area contributed by atoms with Crippen LogP contribution in [-0.2, 0) is 4.79 Å². The van der Waals surface area contributed by atoms with Crippen LogP contribution >= 0.6 is 28.1 Å². The van der Waals surface area contributed by atoms with Crippen LogP contribution in [0.15, 0.2) is 57.6 Å². The molecule has 0 fully saturated rings. The summed E-state index contributed by atoms with van der Waals surface area (Å²) in [7, 11) is 0. The van der Waals surface area contributed by atoms with E-state index in [0.717, 1.165) is 5.56 Å². The van der Waals surface area contributed by atoms with Gasteiger partial charge in [0.15, 0.2) is 15.5 Å². The maximum atomic E-state index is 11.7. The van der Waals surface area contributed by atoms with Gasteiger partial charge in [-0.1, -0.05) is 30.3 Å². The Balaban J connectivity index is 1.77. The summed E-state index contributed by atoms with van der Waals surface area (Å²) >= 11 is 8.00. The average molecular weight is 394 g/mol. The van der Waals surface area contributed by atoms with E-state index in [0.29, 0.717) is 4.67 Å². The second-order valence-corrected chi connectivity index (χ2v) is 5.44. The van der Waals surface area contributed by atoms with Crippen LogP contribution in [0.25, 0.3) is 6.08 Å². The zero-order valence-electron chi connectivity index (χ0n) is 11.7. The van der Waals surface area contributed by atoms with Gasteiger partial charge in [-0.05, 0) is 51.9 Å². The molecule has 0 aliphatic heterocycles. The molecule has 118 valence electrons. The van der Waals surface area contributed by atoms with Gasteiger partial charge >= 0.3 is 5.91 Å². The number of hydrogen-bond acceptors (Lipinski definition) is 4. The van der Waals surface area contributed by atoms with E-state index in [9.17, 15) is 9.59 Å². The number of hydrazine groups is 1. The lowest BCUT2D eigenvalue weighted by molar-refractivity contribution is -0.115. The van der Waals surface area contributed by atoms with Gasteiger partial charge in [-0.25, -0.2) is 0 Å². The van der Waals surface area contributed by atoms with E-state index in [-0.39, 0.29) is 10.9 Å². The van der Waals surface area contributed by atoms with Crippen LogP contribution in [0.4, 0.5) is 0 Å². The standard InChI is InChI=1S/C15H12BrN3O3S/c16-12-8-7-11(22-12)14(21)18-19-15(23)17-13(20)9-6-10-4-2-1-3-5-10/h1-9H,(H,18,21)(H2,17,19,20,23)/b9-6+. The first-order valence-corrected chi connectivity index (χ1v) is 7.64. The van der Waals surface area contributed by atoms with Gasteiger partial charge in [0.05, 0.1) is 0 Å². The molecule has 0 spiro atoms. The Hall–Kier alpha value is -2.45. The molecule has 0 radical (unpaired) electrons. The Morgan fingerprint density at radius 2 is 1.83 bits per heavy atom. The largest absolute Gasteiger partial charge is 0.444 e. The van der Waals surface area contributed by atoms with Crippen molar-refractivity contribution in [2.75, 3.05) is 0 Å². The number of thiocarbonyl (C=S) groups is 1. The highest BCUT2D eigenvalue weighted by atomic mass is 79.9. The number of rotatable bonds is 3. The van der Waals surface area contributed by atoms with E-state index in [4.69, 9.17) is 16.6 Å². The zero-order valence-corrected chi connectivity index (χ0v) is 14.1. The maximum absolute atomic E-state index is 11.7. The summed E-state index contributed by atoms with van der Waals surface area (Å²) in [6.45, 7) is 0. The minimum Gasteiger partial charge on any atom is -0.444 e. The van der Waals surface area contributed by atoms with Gasteiger partial charge in [-0.2, -0.15) is 0 Å². The lowest BCUT2D eigenvalue weighted by Crippen LogP contribution is -2.48. The highest BCUT2D eigenvalue weighted by molar-refractivity contribution is 9.10. The monoisotopic (exact) mass is 393 g/mol. The summed E-state index contributed by atoms with van der Waals surface area (Å²) in [6, 6.07) is 12.4. The summed E-state index contributed by atoms with van der Waals surface area (Å²) in [4.78, 5) is 23.4. The summed E-state index contributed by atoms with van der Waals surface area (Å²) in [5.74, 6) is -0.837. The third kappa shape index (κ3) is 5.68. The van der Waals surface area contributed by atoms with Crippen molar-refractivity contribution in [3.8, 4) is 0 Å². The number of carbonyl (C=O) groups excluding carboxylic acids is 2. The summed E-state index contributed by atoms with van der Waals surface area (Å²) < 4.78 is 5.50. The summed E-state index contributed by atoms with van der Waals surface area (Å²) in [6.07, 6.45) is 2.99. The smallest absolute Gasteiger partial charge is 0.305 e. The maximum Gasteiger partial charge on any atom is 0.305 e. The second-order valence-electron chi connectivity index (χ2n) is 4.25. The molecule has 0 saturated heterocycles. The van der Waals surface area contributed by atoms with Crippen LogP contribution in [0.2, 0.25) is 0 Å². The Labute approximate surface area is 146 Å². The molecule has 1 aromatic heterocycles. The van der Waals surface area contributed by atoms with E-state index < -0.39 is 11.8 Å². The van der Waals surface area contributed by atoms with Crippen molar-refractivity contribution in [3.63, 3.8) is 0 Å². The quantitative estimate of drug-likeness (QED) is 0.423. The van der Waals surface area contributed by atoms with Crippen molar-refractivity contribution < 1.29 is 14.0 Å². The van der Waals surface area contributed by atoms with Gasteiger partial charge in [0.1, 0.15) is 0 Å². The van der Waals surface area contributed by atoms with Crippen LogP contribution in [0.1, 0.15) is 16.1 Å². The summed E-state index contributed by atoms with van der Waals surface area (Å²) in [5, 5.41) is 2.37. The van der Waals surface area contributed by atoms with Crippen LogP contribution in [0.5, 0.6) is 0 Å². The molecule has 0 bridgehead atoms. The van der Waals surface area contributed by atoms with Crippen molar-refractivity contribution >= 4 is 51.2 Å². The van der Waals surface area contributed by atoms with E-state index in [1.54, 1.807) is 12.1 Å². The van der Waals surface area contributed by atoms with Crippen molar-refractivity contribution in [1.29, 1.82) is 0 Å². The van der Waals surface area contributed by atoms with Gasteiger partial charge in [0.2, 0.25) is 5.91 Å². The predicted octanol–water partition coefficient (Wildman–Crippen LogP) is 2.39. The van der Waals surface area contributed by atoms with Crippen LogP contribution in [0, 0.1) is 0 Å². The first kappa shape index (κ1) is 16.9. The Kier molecular flexibility index (Phi) is 6.07. The molecule has 1 aromatic carbocycles. The topological polar surface area (TPSA) is 83.4 Å². The normalized spacial score (nSPS) is 10.3. The number of furan rings is 1. The van der Waals surface area contributed by atoms with Gasteiger partial charge in [0.25, 0.3) is 0 Å². The molecule has 23 heavy (non-hydrogen) atoms. The molecule has 8 heteroatoms. The van der Waals surface area contributed by atoms with E-state index in [1.165, 1.54) is 12.1 Å². The number of carbonyl (C=O) groups is 2. The second kappa shape index (κ2) is 8.25. The molecule has 0 aliphatic carbocycles. The molecule has 2 aromatic rings. The van der Waals surface area contributed by atoms with Crippen molar-refractivity contribution in [3.05, 3.63) is 64.5 Å². The fourth-order valence-corrected chi connectivity index (χ4v) is 1.99. The fourth-order valence-electron chi connectivity index (χ4n) is 1.53. The Morgan fingerprint density at radius 3 is 2.48 bits per heavy atom. The highest BCUT2D eigenvalue weighted by Gasteiger charge is 2.10. The molecule has 0 unspecified atom stereocenters. The molecular weight excluding hydrogens is 382 g/mol. The minimum absolute atomic E-state index is 0.0355. The van der Waals surface area contributed by atoms with E-state index >= 15 is 0 Å². The Morgan fingerprint density at radius 1 is 1.09 bits per heavy atom. The van der Waals surface area contributed by atoms with Crippen LogP contribution in [0.3, 0.4) is 0 Å². The fraction of sp³-hybridized carbons (Fsp3) is 0. The molecule has 3 N–H and O–H groups in total. The van der Waals surface area contributed by atoms with Crippen molar-refractivity contribution in [2.24, 2.45) is 0 Å². The summed E-state index contributed by atoms with van der Waals surface area (Å²) in [5.41, 5.74) is 5.60. The third-order valence-corrected chi connectivity index (χ3v) is 3.18. The van der Waals surface area contributed by atoms with E-state index in [1.807, 2.05) is 30.3 Å². The molecule has 2 rings (SSSR count). The van der Waals surface area contributed by atoms with Gasteiger partial charge < -0.3 is 4.42 Å². The highest BCUT2D eigenvalue weighted by Crippen LogP contribution is 2.13. The Bertz CT molecular complexity index is 743. The third-order valence-electron chi connectivity index (χ3n) is 2.55. The number of nitrogens with one attached hydrogen (secondary N) is 3. The first-order valence-electron chi connectivity index (χ1n) is 6.44. The molecule has 1 heterocycles. The molecule has 2 amide bonds. The number of halogens is 1. The lowest BCUT2D eigenvalue weighted by Gasteiger charge is -2.08. The van der Waals surface area contributed by atoms with Gasteiger partial charge in [-0.3, -0.25) is 25.8 Å². The van der Waals surface area contributed by atoms with Crippen molar-refractivity contribution in [2.45, 2.75) is 0 Å². The average Bonchev–Trinajstić information content (AvgIpc) is 2.98. The SMILES string of the molecule is O=C(/C=C/c1ccccc1)NC(=S)NNC(=O)c1ccc(Br)o1. The van der Waals surface area contributed by atoms with Gasteiger partial charge in [-0.15, -0.1) is 0 Å². The van der Waals surface area contributed by atoms with Crippen LogP contribution < -0.4 is 16.2 Å². The lowest BCUT2D eigenvalue weighted by atomic mass is 10.2. The number of benzene rings is 1. The predicted molar refractivity (Wildman–Crippen MR) is 93.2 cm³/mol. The molecular formula is C15H12BrN3O3S. The zero-order chi connectivity index (χ0) is 16.7. The molecule has 0 atom stereocenters. The molecule has 6 nitrogen and oxygen atoms in total. The first-order chi connectivity index (χ1) is 11.0. The number of amides is 2. The van der Waals surface area contributed by atoms with Crippen LogP contribution in [-0.4, -0.2) is 16.9 Å². The van der Waals surface area contributed by atoms with Crippen molar-refractivity contribution in [1.82, 2.24) is 16.2 Å². The molecule has 0 saturated carbocycles. The molecule has 0 aliphatic rings. The minimum atomic E-state index is -0.521.